The average molecular weight is 352 g/mol. The molecule has 1 heterocycles. The van der Waals surface area contributed by atoms with Crippen LogP contribution in [-0.2, 0) is 6.54 Å². The van der Waals surface area contributed by atoms with Gasteiger partial charge in [-0.15, -0.1) is 0 Å². The van der Waals surface area contributed by atoms with Gasteiger partial charge in [-0.05, 0) is 23.3 Å². The van der Waals surface area contributed by atoms with E-state index in [9.17, 15) is 4.39 Å². The number of anilines is 1. The first-order valence-electron chi connectivity index (χ1n) is 7.89. The fourth-order valence-corrected chi connectivity index (χ4v) is 2.12. The number of hydrogen-bond acceptors (Lipinski definition) is 6. The van der Waals surface area contributed by atoms with E-state index in [1.807, 2.05) is 54.6 Å². The molecule has 0 unspecified atom stereocenters. The van der Waals surface area contributed by atoms with Crippen molar-refractivity contribution >= 4 is 12.0 Å². The number of benzene rings is 2. The van der Waals surface area contributed by atoms with Gasteiger partial charge >= 0.3 is 6.01 Å². The normalized spacial score (nSPS) is 10.7. The van der Waals surface area contributed by atoms with Gasteiger partial charge in [0, 0.05) is 6.54 Å². The third kappa shape index (κ3) is 4.76. The zero-order chi connectivity index (χ0) is 18.2. The Morgan fingerprint density at radius 2 is 1.88 bits per heavy atom. The Morgan fingerprint density at radius 3 is 2.62 bits per heavy atom. The average Bonchev–Trinajstić information content (AvgIpc) is 2.69. The molecule has 0 aliphatic carbocycles. The summed E-state index contributed by atoms with van der Waals surface area (Å²) in [5.41, 5.74) is 1.82. The highest BCUT2D eigenvalue weighted by atomic mass is 19.1. The minimum Gasteiger partial charge on any atom is -0.497 e. The number of hydrogen-bond donors (Lipinski definition) is 1. The van der Waals surface area contributed by atoms with Crippen LogP contribution in [0, 0.1) is 5.82 Å². The van der Waals surface area contributed by atoms with E-state index in [0.29, 0.717) is 6.54 Å². The van der Waals surface area contributed by atoms with Crippen LogP contribution in [0.15, 0.2) is 65.9 Å². The van der Waals surface area contributed by atoms with Gasteiger partial charge in [0.25, 0.3) is 0 Å². The summed E-state index contributed by atoms with van der Waals surface area (Å²) >= 11 is 0. The first-order chi connectivity index (χ1) is 12.7. The zero-order valence-electron chi connectivity index (χ0n) is 14.1. The summed E-state index contributed by atoms with van der Waals surface area (Å²) in [6.45, 7) is 0.394. The molecule has 26 heavy (non-hydrogen) atoms. The molecule has 0 amide bonds. The van der Waals surface area contributed by atoms with E-state index in [1.54, 1.807) is 7.11 Å². The lowest BCUT2D eigenvalue weighted by Crippen LogP contribution is -2.05. The van der Waals surface area contributed by atoms with Gasteiger partial charge in [0.1, 0.15) is 5.75 Å². The Bertz CT molecular complexity index is 870. The van der Waals surface area contributed by atoms with Gasteiger partial charge in [-0.1, -0.05) is 47.6 Å². The highest BCUT2D eigenvalue weighted by Gasteiger charge is 2.08. The molecule has 0 radical (unpaired) electrons. The lowest BCUT2D eigenvalue weighted by atomic mass is 10.2. The van der Waals surface area contributed by atoms with Crippen LogP contribution in [-0.4, -0.2) is 23.3 Å². The van der Waals surface area contributed by atoms with Crippen LogP contribution in [0.3, 0.4) is 0 Å². The predicted octanol–water partition coefficient (Wildman–Crippen LogP) is 3.65. The maximum Gasteiger partial charge on any atom is 0.347 e. The summed E-state index contributed by atoms with van der Waals surface area (Å²) in [5.74, 6) is 0.229. The van der Waals surface area contributed by atoms with Crippen LogP contribution in [0.1, 0.15) is 11.1 Å². The number of methoxy groups -OCH3 is 1. The van der Waals surface area contributed by atoms with Gasteiger partial charge in [-0.2, -0.15) is 9.97 Å². The second-order valence-electron chi connectivity index (χ2n) is 5.29. The van der Waals surface area contributed by atoms with Crippen molar-refractivity contribution in [3.8, 4) is 11.8 Å². The number of ether oxygens (including phenoxy) is 1. The first-order valence-corrected chi connectivity index (χ1v) is 7.89. The molecule has 0 aliphatic rings. The molecule has 132 valence electrons. The first kappa shape index (κ1) is 17.3. The molecule has 2 aromatic carbocycles. The topological polar surface area (TPSA) is 68.6 Å². The maximum atomic E-state index is 13.9. The highest BCUT2D eigenvalue weighted by molar-refractivity contribution is 5.78. The molecule has 6 nitrogen and oxygen atoms in total. The SMILES string of the molecule is COc1ccc(CNc2nc(O/N=C/c3ccccc3)ncc2F)cc1. The summed E-state index contributed by atoms with van der Waals surface area (Å²) in [6.07, 6.45) is 2.56. The number of halogens is 1. The molecular formula is C19H17FN4O2. The molecule has 0 bridgehead atoms. The van der Waals surface area contributed by atoms with E-state index < -0.39 is 5.82 Å². The smallest absolute Gasteiger partial charge is 0.347 e. The predicted molar refractivity (Wildman–Crippen MR) is 97.0 cm³/mol. The Kier molecular flexibility index (Phi) is 5.72. The van der Waals surface area contributed by atoms with E-state index in [0.717, 1.165) is 23.1 Å². The van der Waals surface area contributed by atoms with Gasteiger partial charge < -0.3 is 14.9 Å². The lowest BCUT2D eigenvalue weighted by Gasteiger charge is -2.08. The molecule has 1 N–H and O–H groups in total. The van der Waals surface area contributed by atoms with Crippen molar-refractivity contribution in [1.29, 1.82) is 0 Å². The molecule has 3 aromatic rings. The van der Waals surface area contributed by atoms with Crippen LogP contribution in [0.25, 0.3) is 0 Å². The number of aromatic nitrogens is 2. The van der Waals surface area contributed by atoms with E-state index in [-0.39, 0.29) is 11.8 Å². The molecule has 0 fully saturated rings. The molecule has 0 aliphatic heterocycles. The van der Waals surface area contributed by atoms with Crippen molar-refractivity contribution in [1.82, 2.24) is 9.97 Å². The van der Waals surface area contributed by atoms with E-state index in [4.69, 9.17) is 9.57 Å². The van der Waals surface area contributed by atoms with Crippen LogP contribution in [0.5, 0.6) is 11.8 Å². The molecule has 1 aromatic heterocycles. The summed E-state index contributed by atoms with van der Waals surface area (Å²) < 4.78 is 19.0. The molecule has 0 saturated heterocycles. The molecule has 0 saturated carbocycles. The largest absolute Gasteiger partial charge is 0.497 e. The van der Waals surface area contributed by atoms with Gasteiger partial charge in [0.2, 0.25) is 0 Å². The summed E-state index contributed by atoms with van der Waals surface area (Å²) in [7, 11) is 1.60. The summed E-state index contributed by atoms with van der Waals surface area (Å²) in [6, 6.07) is 16.8. The highest BCUT2D eigenvalue weighted by Crippen LogP contribution is 2.16. The molecule has 7 heteroatoms. The standard InChI is InChI=1S/C19H17FN4O2/c1-25-16-9-7-15(8-10-16)11-21-18-17(20)13-22-19(24-18)26-23-12-14-5-3-2-4-6-14/h2-10,12-13H,11H2,1H3,(H,21,22,24)/b23-12+. The van der Waals surface area contributed by atoms with Crippen molar-refractivity contribution in [2.45, 2.75) is 6.54 Å². The minimum atomic E-state index is -0.571. The Labute approximate surface area is 150 Å². The fourth-order valence-electron chi connectivity index (χ4n) is 2.12. The van der Waals surface area contributed by atoms with E-state index in [1.165, 1.54) is 6.21 Å². The number of nitrogens with zero attached hydrogens (tertiary/aromatic N) is 3. The van der Waals surface area contributed by atoms with Crippen LogP contribution in [0.4, 0.5) is 10.2 Å². The van der Waals surface area contributed by atoms with Crippen molar-refractivity contribution < 1.29 is 14.0 Å². The van der Waals surface area contributed by atoms with Crippen molar-refractivity contribution in [2.75, 3.05) is 12.4 Å². The van der Waals surface area contributed by atoms with Gasteiger partial charge in [0.05, 0.1) is 19.5 Å². The number of rotatable bonds is 7. The minimum absolute atomic E-state index is 0.0423. The van der Waals surface area contributed by atoms with Crippen molar-refractivity contribution in [2.24, 2.45) is 5.16 Å². The van der Waals surface area contributed by atoms with Gasteiger partial charge in [-0.25, -0.2) is 4.39 Å². The van der Waals surface area contributed by atoms with Crippen molar-refractivity contribution in [3.63, 3.8) is 0 Å². The molecule has 0 spiro atoms. The monoisotopic (exact) mass is 352 g/mol. The molecular weight excluding hydrogens is 335 g/mol. The number of nitrogens with one attached hydrogen (secondary N) is 1. The Morgan fingerprint density at radius 1 is 1.12 bits per heavy atom. The van der Waals surface area contributed by atoms with Gasteiger partial charge in [-0.3, -0.25) is 0 Å². The lowest BCUT2D eigenvalue weighted by molar-refractivity contribution is 0.314. The van der Waals surface area contributed by atoms with Crippen molar-refractivity contribution in [3.05, 3.63) is 77.7 Å². The fraction of sp³-hybridized carbons (Fsp3) is 0.105. The quantitative estimate of drug-likeness (QED) is 0.519. The Balaban J connectivity index is 1.62. The van der Waals surface area contributed by atoms with Crippen LogP contribution < -0.4 is 14.9 Å². The van der Waals surface area contributed by atoms with E-state index in [2.05, 4.69) is 20.4 Å². The third-order valence-corrected chi connectivity index (χ3v) is 3.48. The third-order valence-electron chi connectivity index (χ3n) is 3.48. The summed E-state index contributed by atoms with van der Waals surface area (Å²) in [5, 5.41) is 6.72. The second-order valence-corrected chi connectivity index (χ2v) is 5.29. The second kappa shape index (κ2) is 8.57. The van der Waals surface area contributed by atoms with Gasteiger partial charge in [0.15, 0.2) is 11.6 Å². The van der Waals surface area contributed by atoms with Crippen LogP contribution >= 0.6 is 0 Å². The molecule has 0 atom stereocenters. The Hall–Kier alpha value is -3.48. The van der Waals surface area contributed by atoms with E-state index >= 15 is 0 Å². The maximum absolute atomic E-state index is 13.9. The molecule has 3 rings (SSSR count). The zero-order valence-corrected chi connectivity index (χ0v) is 14.1. The van der Waals surface area contributed by atoms with Crippen LogP contribution in [0.2, 0.25) is 0 Å². The summed E-state index contributed by atoms with van der Waals surface area (Å²) in [4.78, 5) is 12.9. The number of oxime groups is 1.